The van der Waals surface area contributed by atoms with Crippen molar-refractivity contribution in [3.8, 4) is 6.07 Å². The molecule has 15 heavy (non-hydrogen) atoms. The fraction of sp³-hybridized carbons (Fsp3) is 0.833. The summed E-state index contributed by atoms with van der Waals surface area (Å²) in [5, 5.41) is 9.22. The van der Waals surface area contributed by atoms with Gasteiger partial charge in [0.15, 0.2) is 0 Å². The van der Waals surface area contributed by atoms with Gasteiger partial charge in [-0.05, 0) is 25.7 Å². The Kier molecular flexibility index (Phi) is 4.14. The molecule has 0 N–H and O–H groups in total. The zero-order valence-electron chi connectivity index (χ0n) is 9.58. The first-order valence-corrected chi connectivity index (χ1v) is 5.69. The van der Waals surface area contributed by atoms with Crippen molar-refractivity contribution < 1.29 is 9.53 Å². The van der Waals surface area contributed by atoms with E-state index in [4.69, 9.17) is 4.74 Å². The SMILES string of the molecule is CCOC(=O)C[C@@]1(C#N)CCC[C@@H](C)C1. The number of ether oxygens (including phenoxy) is 1. The number of nitriles is 1. The molecule has 0 radical (unpaired) electrons. The van der Waals surface area contributed by atoms with E-state index in [9.17, 15) is 10.1 Å². The van der Waals surface area contributed by atoms with Crippen LogP contribution in [-0.4, -0.2) is 12.6 Å². The molecule has 1 aliphatic carbocycles. The van der Waals surface area contributed by atoms with Crippen molar-refractivity contribution in [3.05, 3.63) is 0 Å². The largest absolute Gasteiger partial charge is 0.466 e. The van der Waals surface area contributed by atoms with Gasteiger partial charge in [0.25, 0.3) is 0 Å². The van der Waals surface area contributed by atoms with Crippen molar-refractivity contribution in [1.82, 2.24) is 0 Å². The van der Waals surface area contributed by atoms with Crippen LogP contribution in [0.25, 0.3) is 0 Å². The average molecular weight is 209 g/mol. The molecule has 1 fully saturated rings. The van der Waals surface area contributed by atoms with E-state index in [1.54, 1.807) is 6.92 Å². The Hall–Kier alpha value is -1.04. The maximum absolute atomic E-state index is 11.4. The fourth-order valence-electron chi connectivity index (χ4n) is 2.45. The van der Waals surface area contributed by atoms with Gasteiger partial charge in [-0.25, -0.2) is 0 Å². The third-order valence-corrected chi connectivity index (χ3v) is 3.12. The van der Waals surface area contributed by atoms with Gasteiger partial charge in [0.05, 0.1) is 24.5 Å². The van der Waals surface area contributed by atoms with Crippen molar-refractivity contribution in [2.45, 2.75) is 46.0 Å². The first kappa shape index (κ1) is 12.0. The number of rotatable bonds is 3. The molecule has 0 unspecified atom stereocenters. The van der Waals surface area contributed by atoms with E-state index in [1.165, 1.54) is 6.42 Å². The van der Waals surface area contributed by atoms with Gasteiger partial charge in [-0.1, -0.05) is 19.8 Å². The predicted molar refractivity (Wildman–Crippen MR) is 56.9 cm³/mol. The summed E-state index contributed by atoms with van der Waals surface area (Å²) >= 11 is 0. The van der Waals surface area contributed by atoms with Gasteiger partial charge < -0.3 is 4.74 Å². The van der Waals surface area contributed by atoms with Crippen LogP contribution in [0, 0.1) is 22.7 Å². The monoisotopic (exact) mass is 209 g/mol. The van der Waals surface area contributed by atoms with Crippen LogP contribution in [0.3, 0.4) is 0 Å². The number of carbonyl (C=O) groups is 1. The smallest absolute Gasteiger partial charge is 0.307 e. The Morgan fingerprint density at radius 3 is 2.93 bits per heavy atom. The zero-order valence-corrected chi connectivity index (χ0v) is 9.58. The highest BCUT2D eigenvalue weighted by Gasteiger charge is 2.37. The summed E-state index contributed by atoms with van der Waals surface area (Å²) in [4.78, 5) is 11.4. The second-order valence-corrected chi connectivity index (χ2v) is 4.58. The molecule has 0 heterocycles. The van der Waals surface area contributed by atoms with Crippen molar-refractivity contribution in [2.24, 2.45) is 11.3 Å². The summed E-state index contributed by atoms with van der Waals surface area (Å²) in [5.41, 5.74) is -0.454. The molecule has 0 aromatic heterocycles. The van der Waals surface area contributed by atoms with Gasteiger partial charge in [-0.15, -0.1) is 0 Å². The molecule has 84 valence electrons. The van der Waals surface area contributed by atoms with Gasteiger partial charge in [0, 0.05) is 0 Å². The lowest BCUT2D eigenvalue weighted by Crippen LogP contribution is -2.29. The van der Waals surface area contributed by atoms with Crippen LogP contribution >= 0.6 is 0 Å². The second kappa shape index (κ2) is 5.16. The molecule has 0 aromatic rings. The highest BCUT2D eigenvalue weighted by Crippen LogP contribution is 2.41. The molecule has 1 rings (SSSR count). The van der Waals surface area contributed by atoms with Gasteiger partial charge in [0.1, 0.15) is 0 Å². The molecular formula is C12H19NO2. The highest BCUT2D eigenvalue weighted by molar-refractivity contribution is 5.70. The second-order valence-electron chi connectivity index (χ2n) is 4.58. The molecular weight excluding hydrogens is 190 g/mol. The van der Waals surface area contributed by atoms with Crippen molar-refractivity contribution >= 4 is 5.97 Å². The number of hydrogen-bond donors (Lipinski definition) is 0. The summed E-state index contributed by atoms with van der Waals surface area (Å²) in [6, 6.07) is 2.34. The third kappa shape index (κ3) is 3.23. The van der Waals surface area contributed by atoms with Crippen LogP contribution in [0.4, 0.5) is 0 Å². The molecule has 3 heteroatoms. The summed E-state index contributed by atoms with van der Waals surface area (Å²) in [5.74, 6) is 0.320. The van der Waals surface area contributed by atoms with Crippen molar-refractivity contribution in [2.75, 3.05) is 6.61 Å². The Bertz CT molecular complexity index is 269. The highest BCUT2D eigenvalue weighted by atomic mass is 16.5. The van der Waals surface area contributed by atoms with Gasteiger partial charge >= 0.3 is 5.97 Å². The summed E-state index contributed by atoms with van der Waals surface area (Å²) in [6.07, 6.45) is 4.16. The Morgan fingerprint density at radius 2 is 2.40 bits per heavy atom. The molecule has 3 nitrogen and oxygen atoms in total. The molecule has 2 atom stereocenters. The first-order valence-electron chi connectivity index (χ1n) is 5.69. The molecule has 0 saturated heterocycles. The third-order valence-electron chi connectivity index (χ3n) is 3.12. The van der Waals surface area contributed by atoms with Crippen LogP contribution in [0.15, 0.2) is 0 Å². The normalized spacial score (nSPS) is 30.6. The zero-order chi connectivity index (χ0) is 11.3. The molecule has 0 aromatic carbocycles. The van der Waals surface area contributed by atoms with E-state index in [0.29, 0.717) is 12.5 Å². The number of carbonyl (C=O) groups excluding carboxylic acids is 1. The van der Waals surface area contributed by atoms with E-state index in [2.05, 4.69) is 13.0 Å². The van der Waals surface area contributed by atoms with Crippen LogP contribution in [0.2, 0.25) is 0 Å². The maximum atomic E-state index is 11.4. The molecule has 0 amide bonds. The van der Waals surface area contributed by atoms with Crippen molar-refractivity contribution in [1.29, 1.82) is 5.26 Å². The van der Waals surface area contributed by atoms with E-state index in [1.807, 2.05) is 0 Å². The lowest BCUT2D eigenvalue weighted by Gasteiger charge is -2.33. The quantitative estimate of drug-likeness (QED) is 0.671. The summed E-state index contributed by atoms with van der Waals surface area (Å²) in [7, 11) is 0. The molecule has 0 aliphatic heterocycles. The minimum Gasteiger partial charge on any atom is -0.466 e. The summed E-state index contributed by atoms with van der Waals surface area (Å²) in [6.45, 7) is 4.34. The Morgan fingerprint density at radius 1 is 1.67 bits per heavy atom. The summed E-state index contributed by atoms with van der Waals surface area (Å²) < 4.78 is 4.92. The van der Waals surface area contributed by atoms with E-state index in [0.717, 1.165) is 19.3 Å². The lowest BCUT2D eigenvalue weighted by atomic mass is 9.69. The minimum atomic E-state index is -0.454. The molecule has 1 aliphatic rings. The molecule has 0 bridgehead atoms. The van der Waals surface area contributed by atoms with Gasteiger partial charge in [-0.3, -0.25) is 4.79 Å². The lowest BCUT2D eigenvalue weighted by molar-refractivity contribution is -0.145. The van der Waals surface area contributed by atoms with E-state index >= 15 is 0 Å². The Balaban J connectivity index is 2.60. The van der Waals surface area contributed by atoms with E-state index in [-0.39, 0.29) is 12.4 Å². The maximum Gasteiger partial charge on any atom is 0.307 e. The van der Waals surface area contributed by atoms with Gasteiger partial charge in [0.2, 0.25) is 0 Å². The first-order chi connectivity index (χ1) is 7.12. The number of nitrogens with zero attached hydrogens (tertiary/aromatic N) is 1. The molecule has 1 saturated carbocycles. The van der Waals surface area contributed by atoms with Crippen LogP contribution in [-0.2, 0) is 9.53 Å². The van der Waals surface area contributed by atoms with Crippen molar-refractivity contribution in [3.63, 3.8) is 0 Å². The van der Waals surface area contributed by atoms with Crippen LogP contribution < -0.4 is 0 Å². The Labute approximate surface area is 91.4 Å². The van der Waals surface area contributed by atoms with Gasteiger partial charge in [-0.2, -0.15) is 5.26 Å². The van der Waals surface area contributed by atoms with E-state index < -0.39 is 5.41 Å². The average Bonchev–Trinajstić information content (AvgIpc) is 2.18. The van der Waals surface area contributed by atoms with Crippen LogP contribution in [0.1, 0.15) is 46.0 Å². The standard InChI is InChI=1S/C12H19NO2/c1-3-15-11(14)8-12(9-13)6-4-5-10(2)7-12/h10H,3-8H2,1-2H3/t10-,12-/m1/s1. The predicted octanol–water partition coefficient (Wildman–Crippen LogP) is 2.66. The number of hydrogen-bond acceptors (Lipinski definition) is 3. The van der Waals surface area contributed by atoms with Crippen LogP contribution in [0.5, 0.6) is 0 Å². The number of esters is 1. The fourth-order valence-corrected chi connectivity index (χ4v) is 2.45. The minimum absolute atomic E-state index is 0.229. The topological polar surface area (TPSA) is 50.1 Å². The molecule has 0 spiro atoms.